The normalized spacial score (nSPS) is 14.4. The summed E-state index contributed by atoms with van der Waals surface area (Å²) in [6, 6.07) is 0. The van der Waals surface area contributed by atoms with Crippen molar-refractivity contribution >= 4 is 27.9 Å². The van der Waals surface area contributed by atoms with E-state index in [4.69, 9.17) is 0 Å². The van der Waals surface area contributed by atoms with Crippen LogP contribution in [-0.4, -0.2) is 37.9 Å². The Morgan fingerprint density at radius 1 is 1.39 bits per heavy atom. The van der Waals surface area contributed by atoms with Gasteiger partial charge in [0.05, 0.1) is 6.20 Å². The molecular formula is C14H14N6O2S. The molecule has 0 spiro atoms. The fraction of sp³-hybridized carbons (Fsp3) is 0.286. The first-order chi connectivity index (χ1) is 11.2. The van der Waals surface area contributed by atoms with E-state index in [0.717, 1.165) is 31.9 Å². The number of carbonyl (C=O) groups is 1. The average Bonchev–Trinajstić information content (AvgIpc) is 3.13. The molecule has 0 radical (unpaired) electrons. The Morgan fingerprint density at radius 2 is 2.30 bits per heavy atom. The van der Waals surface area contributed by atoms with Crippen molar-refractivity contribution < 1.29 is 4.79 Å². The minimum absolute atomic E-state index is 0.149. The number of carbonyl (C=O) groups excluding carboxylic acids is 1. The molecule has 4 heterocycles. The van der Waals surface area contributed by atoms with Gasteiger partial charge in [-0.25, -0.2) is 9.97 Å². The Morgan fingerprint density at radius 3 is 3.22 bits per heavy atom. The van der Waals surface area contributed by atoms with E-state index in [1.54, 1.807) is 17.8 Å². The van der Waals surface area contributed by atoms with Crippen molar-refractivity contribution in [1.29, 1.82) is 0 Å². The van der Waals surface area contributed by atoms with Crippen LogP contribution in [0.15, 0.2) is 28.8 Å². The van der Waals surface area contributed by atoms with Crippen LogP contribution in [0.25, 0.3) is 4.96 Å². The third kappa shape index (κ3) is 2.53. The highest BCUT2D eigenvalue weighted by Crippen LogP contribution is 2.10. The summed E-state index contributed by atoms with van der Waals surface area (Å²) >= 11 is 1.36. The number of thiazole rings is 1. The first kappa shape index (κ1) is 14.1. The Balaban J connectivity index is 1.62. The standard InChI is InChI=1S/C14H14N6O2S/c21-12(10-8-19-4-3-15-2-1-11(19)17-10)18-9-7-16-14-20(13(9)22)5-6-23-14/h5-8,15H,1-4H2,(H,18,21). The molecule has 1 amide bonds. The van der Waals surface area contributed by atoms with Gasteiger partial charge in [0, 0.05) is 43.8 Å². The van der Waals surface area contributed by atoms with E-state index in [9.17, 15) is 9.59 Å². The number of nitrogens with zero attached hydrogens (tertiary/aromatic N) is 4. The average molecular weight is 330 g/mol. The minimum atomic E-state index is -0.396. The summed E-state index contributed by atoms with van der Waals surface area (Å²) < 4.78 is 3.39. The Hall–Kier alpha value is -2.52. The van der Waals surface area contributed by atoms with E-state index < -0.39 is 5.91 Å². The number of fused-ring (bicyclic) bond motifs is 2. The van der Waals surface area contributed by atoms with Gasteiger partial charge in [0.15, 0.2) is 4.96 Å². The lowest BCUT2D eigenvalue weighted by molar-refractivity contribution is 0.102. The molecule has 4 rings (SSSR count). The van der Waals surface area contributed by atoms with Gasteiger partial charge in [0.25, 0.3) is 11.5 Å². The maximum atomic E-state index is 12.4. The second-order valence-corrected chi connectivity index (χ2v) is 6.10. The Kier molecular flexibility index (Phi) is 3.43. The van der Waals surface area contributed by atoms with Gasteiger partial charge in [-0.05, 0) is 0 Å². The molecule has 3 aromatic heterocycles. The summed E-state index contributed by atoms with van der Waals surface area (Å²) in [5.41, 5.74) is 0.169. The molecule has 0 atom stereocenters. The topological polar surface area (TPSA) is 93.3 Å². The Bertz CT molecular complexity index is 917. The van der Waals surface area contributed by atoms with Crippen molar-refractivity contribution in [1.82, 2.24) is 24.3 Å². The molecule has 23 heavy (non-hydrogen) atoms. The third-order valence-corrected chi connectivity index (χ3v) is 4.51. The first-order valence-corrected chi connectivity index (χ1v) is 8.13. The van der Waals surface area contributed by atoms with E-state index in [1.165, 1.54) is 21.9 Å². The van der Waals surface area contributed by atoms with Gasteiger partial charge in [-0.15, -0.1) is 11.3 Å². The van der Waals surface area contributed by atoms with E-state index >= 15 is 0 Å². The van der Waals surface area contributed by atoms with E-state index in [2.05, 4.69) is 20.6 Å². The second-order valence-electron chi connectivity index (χ2n) is 5.22. The molecule has 0 aliphatic carbocycles. The van der Waals surface area contributed by atoms with Gasteiger partial charge >= 0.3 is 0 Å². The van der Waals surface area contributed by atoms with Crippen LogP contribution < -0.4 is 16.2 Å². The third-order valence-electron chi connectivity index (χ3n) is 3.74. The molecule has 0 aromatic carbocycles. The lowest BCUT2D eigenvalue weighted by Crippen LogP contribution is -2.23. The highest BCUT2D eigenvalue weighted by atomic mass is 32.1. The summed E-state index contributed by atoms with van der Waals surface area (Å²) in [7, 11) is 0. The molecule has 0 saturated heterocycles. The molecule has 9 heteroatoms. The highest BCUT2D eigenvalue weighted by molar-refractivity contribution is 7.15. The van der Waals surface area contributed by atoms with Crippen LogP contribution in [0.4, 0.5) is 5.69 Å². The van der Waals surface area contributed by atoms with Gasteiger partial charge in [-0.1, -0.05) is 0 Å². The molecule has 0 unspecified atom stereocenters. The zero-order valence-corrected chi connectivity index (χ0v) is 13.0. The van der Waals surface area contributed by atoms with Crippen molar-refractivity contribution in [3.63, 3.8) is 0 Å². The molecule has 1 aliphatic heterocycles. The monoisotopic (exact) mass is 330 g/mol. The number of imidazole rings is 1. The van der Waals surface area contributed by atoms with Gasteiger partial charge in [-0.2, -0.15) is 0 Å². The SMILES string of the molecule is O=C(Nc1cnc2sccn2c1=O)c1cn2c(n1)CCNCC2. The van der Waals surface area contributed by atoms with Crippen LogP contribution >= 0.6 is 11.3 Å². The molecule has 1 aliphatic rings. The molecule has 0 bridgehead atoms. The van der Waals surface area contributed by atoms with Crippen LogP contribution in [0.1, 0.15) is 16.3 Å². The number of nitrogens with one attached hydrogen (secondary N) is 2. The summed E-state index contributed by atoms with van der Waals surface area (Å²) in [4.78, 5) is 33.8. The summed E-state index contributed by atoms with van der Waals surface area (Å²) in [6.45, 7) is 2.48. The lowest BCUT2D eigenvalue weighted by atomic mass is 10.4. The maximum absolute atomic E-state index is 12.4. The quantitative estimate of drug-likeness (QED) is 0.707. The zero-order chi connectivity index (χ0) is 15.8. The lowest BCUT2D eigenvalue weighted by Gasteiger charge is -2.02. The van der Waals surface area contributed by atoms with Gasteiger partial charge < -0.3 is 15.2 Å². The highest BCUT2D eigenvalue weighted by Gasteiger charge is 2.17. The number of rotatable bonds is 2. The number of hydrogen-bond donors (Lipinski definition) is 2. The fourth-order valence-corrected chi connectivity index (χ4v) is 3.25. The Labute approximate surface area is 134 Å². The van der Waals surface area contributed by atoms with Crippen LogP contribution in [0.3, 0.4) is 0 Å². The predicted molar refractivity (Wildman–Crippen MR) is 86.1 cm³/mol. The molecule has 8 nitrogen and oxygen atoms in total. The molecule has 0 saturated carbocycles. The smallest absolute Gasteiger partial charge is 0.282 e. The van der Waals surface area contributed by atoms with Gasteiger partial charge in [0.1, 0.15) is 17.2 Å². The van der Waals surface area contributed by atoms with E-state index in [0.29, 0.717) is 10.7 Å². The van der Waals surface area contributed by atoms with E-state index in [-0.39, 0.29) is 11.2 Å². The fourth-order valence-electron chi connectivity index (χ4n) is 2.58. The number of aromatic nitrogens is 4. The van der Waals surface area contributed by atoms with Crippen molar-refractivity contribution in [2.75, 3.05) is 18.4 Å². The first-order valence-electron chi connectivity index (χ1n) is 7.25. The van der Waals surface area contributed by atoms with Crippen molar-refractivity contribution in [2.24, 2.45) is 0 Å². The molecular weight excluding hydrogens is 316 g/mol. The molecule has 2 N–H and O–H groups in total. The second kappa shape index (κ2) is 5.60. The van der Waals surface area contributed by atoms with Gasteiger partial charge in [-0.3, -0.25) is 14.0 Å². The molecule has 3 aromatic rings. The summed E-state index contributed by atoms with van der Waals surface area (Å²) in [6.07, 6.45) is 5.53. The number of hydrogen-bond acceptors (Lipinski definition) is 6. The maximum Gasteiger partial charge on any atom is 0.282 e. The molecule has 0 fully saturated rings. The van der Waals surface area contributed by atoms with Crippen molar-refractivity contribution in [3.8, 4) is 0 Å². The summed E-state index contributed by atoms with van der Waals surface area (Å²) in [5, 5.41) is 7.66. The van der Waals surface area contributed by atoms with Crippen molar-refractivity contribution in [2.45, 2.75) is 13.0 Å². The predicted octanol–water partition coefficient (Wildman–Crippen LogP) is 0.350. The minimum Gasteiger partial charge on any atom is -0.333 e. The zero-order valence-electron chi connectivity index (χ0n) is 12.2. The number of amides is 1. The van der Waals surface area contributed by atoms with Crippen LogP contribution in [0.2, 0.25) is 0 Å². The largest absolute Gasteiger partial charge is 0.333 e. The van der Waals surface area contributed by atoms with E-state index in [1.807, 2.05) is 4.57 Å². The van der Waals surface area contributed by atoms with Crippen molar-refractivity contribution in [3.05, 3.63) is 45.8 Å². The van der Waals surface area contributed by atoms with Crippen LogP contribution in [0.5, 0.6) is 0 Å². The van der Waals surface area contributed by atoms with Crippen LogP contribution in [-0.2, 0) is 13.0 Å². The number of anilines is 1. The molecule has 118 valence electrons. The van der Waals surface area contributed by atoms with Crippen LogP contribution in [0, 0.1) is 0 Å². The summed E-state index contributed by atoms with van der Waals surface area (Å²) in [5.74, 6) is 0.482. The van der Waals surface area contributed by atoms with Gasteiger partial charge in [0.2, 0.25) is 0 Å².